The Kier molecular flexibility index (Phi) is 5.15. The molecule has 156 valence electrons. The number of fused-ring (bicyclic) bond motifs is 1. The van der Waals surface area contributed by atoms with Gasteiger partial charge in [0.05, 0.1) is 11.1 Å². The van der Waals surface area contributed by atoms with Gasteiger partial charge in [0.15, 0.2) is 11.7 Å². The number of carbonyl (C=O) groups excluding carboxylic acids is 1. The molecule has 30 heavy (non-hydrogen) atoms. The minimum atomic E-state index is -4.52. The lowest BCUT2D eigenvalue weighted by molar-refractivity contribution is -0.173. The SMILES string of the molecule is Cc1ccc([C@H]2C[C@H](C(F)(F)F)n3nc(C(=O)Nc4ccc(Cl)cn4)cc3N2)cc1. The van der Waals surface area contributed by atoms with E-state index < -0.39 is 24.2 Å². The van der Waals surface area contributed by atoms with Crippen molar-refractivity contribution in [2.24, 2.45) is 0 Å². The molecular formula is C20H17ClF3N5O. The summed E-state index contributed by atoms with van der Waals surface area (Å²) in [5.41, 5.74) is 1.61. The number of anilines is 2. The van der Waals surface area contributed by atoms with Gasteiger partial charge in [-0.15, -0.1) is 0 Å². The van der Waals surface area contributed by atoms with Gasteiger partial charge >= 0.3 is 6.18 Å². The van der Waals surface area contributed by atoms with Crippen molar-refractivity contribution < 1.29 is 18.0 Å². The lowest BCUT2D eigenvalue weighted by Crippen LogP contribution is -2.35. The number of carbonyl (C=O) groups is 1. The average Bonchev–Trinajstić information content (AvgIpc) is 3.13. The van der Waals surface area contributed by atoms with E-state index in [4.69, 9.17) is 11.6 Å². The number of alkyl halides is 3. The number of halogens is 4. The minimum Gasteiger partial charge on any atom is -0.363 e. The van der Waals surface area contributed by atoms with E-state index in [9.17, 15) is 18.0 Å². The van der Waals surface area contributed by atoms with Gasteiger partial charge in [0.2, 0.25) is 0 Å². The first-order chi connectivity index (χ1) is 14.2. The van der Waals surface area contributed by atoms with Gasteiger partial charge in [0, 0.05) is 18.7 Å². The number of aryl methyl sites for hydroxylation is 1. The molecule has 4 rings (SSSR count). The highest BCUT2D eigenvalue weighted by atomic mass is 35.5. The van der Waals surface area contributed by atoms with Crippen molar-refractivity contribution in [3.05, 3.63) is 70.5 Å². The third-order valence-electron chi connectivity index (χ3n) is 4.87. The van der Waals surface area contributed by atoms with Crippen LogP contribution in [0.4, 0.5) is 24.8 Å². The Morgan fingerprint density at radius 3 is 2.60 bits per heavy atom. The monoisotopic (exact) mass is 435 g/mol. The molecule has 0 unspecified atom stereocenters. The molecule has 0 radical (unpaired) electrons. The van der Waals surface area contributed by atoms with Crippen molar-refractivity contribution in [2.45, 2.75) is 31.6 Å². The molecule has 2 N–H and O–H groups in total. The molecule has 0 saturated heterocycles. The van der Waals surface area contributed by atoms with Gasteiger partial charge in [-0.25, -0.2) is 9.67 Å². The highest BCUT2D eigenvalue weighted by Gasteiger charge is 2.46. The largest absolute Gasteiger partial charge is 0.410 e. The Labute approximate surface area is 175 Å². The summed E-state index contributed by atoms with van der Waals surface area (Å²) in [6.45, 7) is 1.91. The maximum Gasteiger partial charge on any atom is 0.410 e. The molecule has 6 nitrogen and oxygen atoms in total. The Morgan fingerprint density at radius 1 is 1.23 bits per heavy atom. The van der Waals surface area contributed by atoms with Crippen LogP contribution in [0.5, 0.6) is 0 Å². The number of nitrogens with one attached hydrogen (secondary N) is 2. The predicted octanol–water partition coefficient (Wildman–Crippen LogP) is 5.15. The zero-order valence-electron chi connectivity index (χ0n) is 15.7. The molecule has 2 aromatic heterocycles. The molecule has 3 heterocycles. The summed E-state index contributed by atoms with van der Waals surface area (Å²) in [6.07, 6.45) is -3.40. The van der Waals surface area contributed by atoms with E-state index in [-0.39, 0.29) is 23.8 Å². The van der Waals surface area contributed by atoms with Crippen LogP contribution in [0.15, 0.2) is 48.7 Å². The van der Waals surface area contributed by atoms with E-state index in [0.29, 0.717) is 5.02 Å². The lowest BCUT2D eigenvalue weighted by Gasteiger charge is -2.33. The highest BCUT2D eigenvalue weighted by molar-refractivity contribution is 6.30. The summed E-state index contributed by atoms with van der Waals surface area (Å²) in [5, 5.41) is 9.89. The molecule has 1 amide bonds. The van der Waals surface area contributed by atoms with E-state index >= 15 is 0 Å². The number of aromatic nitrogens is 3. The number of hydrogen-bond acceptors (Lipinski definition) is 4. The zero-order chi connectivity index (χ0) is 21.5. The first kappa shape index (κ1) is 20.2. The Hall–Kier alpha value is -3.07. The van der Waals surface area contributed by atoms with Crippen molar-refractivity contribution >= 4 is 29.1 Å². The molecular weight excluding hydrogens is 419 g/mol. The van der Waals surface area contributed by atoms with Crippen LogP contribution in [-0.2, 0) is 0 Å². The van der Waals surface area contributed by atoms with Crippen LogP contribution in [0, 0.1) is 6.92 Å². The predicted molar refractivity (Wildman–Crippen MR) is 107 cm³/mol. The highest BCUT2D eigenvalue weighted by Crippen LogP contribution is 2.43. The van der Waals surface area contributed by atoms with E-state index in [0.717, 1.165) is 15.8 Å². The minimum absolute atomic E-state index is 0.128. The van der Waals surface area contributed by atoms with E-state index in [2.05, 4.69) is 20.7 Å². The Morgan fingerprint density at radius 2 is 1.97 bits per heavy atom. The van der Waals surface area contributed by atoms with Crippen LogP contribution in [0.2, 0.25) is 5.02 Å². The standard InChI is InChI=1S/C20H17ClF3N5O/c1-11-2-4-12(5-3-11)14-8-16(20(22,23)24)29-18(26-14)9-15(28-29)19(30)27-17-7-6-13(21)10-25-17/h2-7,9-10,14,16,26H,8H2,1H3,(H,25,27,30)/t14-,16-/m1/s1. The van der Waals surface area contributed by atoms with Crippen molar-refractivity contribution in [1.29, 1.82) is 0 Å². The van der Waals surface area contributed by atoms with E-state index in [1.165, 1.54) is 24.4 Å². The molecule has 3 aromatic rings. The van der Waals surface area contributed by atoms with Crippen LogP contribution < -0.4 is 10.6 Å². The maximum absolute atomic E-state index is 13.8. The lowest BCUT2D eigenvalue weighted by atomic mass is 9.96. The van der Waals surface area contributed by atoms with Gasteiger partial charge in [-0.1, -0.05) is 41.4 Å². The molecule has 0 saturated carbocycles. The second-order valence-electron chi connectivity index (χ2n) is 7.08. The molecule has 0 spiro atoms. The fraction of sp³-hybridized carbons (Fsp3) is 0.250. The third kappa shape index (κ3) is 4.11. The molecule has 0 aliphatic carbocycles. The maximum atomic E-state index is 13.8. The first-order valence-electron chi connectivity index (χ1n) is 9.13. The summed E-state index contributed by atoms with van der Waals surface area (Å²) in [6, 6.07) is 9.22. The van der Waals surface area contributed by atoms with E-state index in [1.807, 2.05) is 19.1 Å². The van der Waals surface area contributed by atoms with Crippen molar-refractivity contribution in [3.63, 3.8) is 0 Å². The molecule has 2 atom stereocenters. The number of benzene rings is 1. The number of nitrogens with zero attached hydrogens (tertiary/aromatic N) is 3. The molecule has 10 heteroatoms. The summed E-state index contributed by atoms with van der Waals surface area (Å²) in [7, 11) is 0. The Balaban J connectivity index is 1.63. The first-order valence-corrected chi connectivity index (χ1v) is 9.51. The van der Waals surface area contributed by atoms with Crippen molar-refractivity contribution in [1.82, 2.24) is 14.8 Å². The Bertz CT molecular complexity index is 1060. The second kappa shape index (κ2) is 7.64. The summed E-state index contributed by atoms with van der Waals surface area (Å²) >= 11 is 5.76. The van der Waals surface area contributed by atoms with E-state index in [1.54, 1.807) is 12.1 Å². The van der Waals surface area contributed by atoms with Crippen LogP contribution in [-0.4, -0.2) is 26.8 Å². The summed E-state index contributed by atoms with van der Waals surface area (Å²) < 4.78 is 42.1. The molecule has 1 aromatic carbocycles. The third-order valence-corrected chi connectivity index (χ3v) is 5.09. The second-order valence-corrected chi connectivity index (χ2v) is 7.51. The van der Waals surface area contributed by atoms with Gasteiger partial charge in [-0.2, -0.15) is 18.3 Å². The topological polar surface area (TPSA) is 71.8 Å². The zero-order valence-corrected chi connectivity index (χ0v) is 16.5. The van der Waals surface area contributed by atoms with Gasteiger partial charge in [-0.3, -0.25) is 4.79 Å². The molecule has 1 aliphatic rings. The number of hydrogen-bond donors (Lipinski definition) is 2. The summed E-state index contributed by atoms with van der Waals surface area (Å²) in [5.74, 6) is -0.321. The van der Waals surface area contributed by atoms with Crippen LogP contribution >= 0.6 is 11.6 Å². The van der Waals surface area contributed by atoms with Crippen LogP contribution in [0.25, 0.3) is 0 Å². The quantitative estimate of drug-likeness (QED) is 0.596. The summed E-state index contributed by atoms with van der Waals surface area (Å²) in [4.78, 5) is 16.4. The molecule has 0 fully saturated rings. The van der Waals surface area contributed by atoms with Gasteiger partial charge in [0.1, 0.15) is 11.6 Å². The number of amides is 1. The fourth-order valence-electron chi connectivity index (χ4n) is 3.33. The van der Waals surface area contributed by atoms with Crippen molar-refractivity contribution in [2.75, 3.05) is 10.6 Å². The van der Waals surface area contributed by atoms with Crippen LogP contribution in [0.3, 0.4) is 0 Å². The fourth-order valence-corrected chi connectivity index (χ4v) is 3.44. The van der Waals surface area contributed by atoms with Crippen molar-refractivity contribution in [3.8, 4) is 0 Å². The number of pyridine rings is 1. The van der Waals surface area contributed by atoms with Gasteiger partial charge in [0.25, 0.3) is 5.91 Å². The smallest absolute Gasteiger partial charge is 0.363 e. The molecule has 1 aliphatic heterocycles. The van der Waals surface area contributed by atoms with Crippen LogP contribution in [0.1, 0.15) is 40.1 Å². The number of rotatable bonds is 3. The van der Waals surface area contributed by atoms with Gasteiger partial charge < -0.3 is 10.6 Å². The normalized spacial score (nSPS) is 18.4. The van der Waals surface area contributed by atoms with Gasteiger partial charge in [-0.05, 0) is 24.6 Å². The average molecular weight is 436 g/mol. The molecule has 0 bridgehead atoms.